The van der Waals surface area contributed by atoms with E-state index in [0.29, 0.717) is 79.7 Å². The number of ether oxygens (including phenoxy) is 4. The van der Waals surface area contributed by atoms with Gasteiger partial charge in [-0.05, 0) is 60.7 Å². The zero-order chi connectivity index (χ0) is 40.9. The summed E-state index contributed by atoms with van der Waals surface area (Å²) in [7, 11) is 0. The number of aliphatic carboxylic acids is 2. The van der Waals surface area contributed by atoms with Gasteiger partial charge >= 0.3 is 23.9 Å². The highest BCUT2D eigenvalue weighted by Crippen LogP contribution is 2.58. The number of carbonyl (C=O) groups excluding carboxylic acids is 2. The lowest BCUT2D eigenvalue weighted by Crippen LogP contribution is -2.32. The average molecular weight is 781 g/mol. The number of carboxylic acids is 2. The molecule has 288 valence electrons. The van der Waals surface area contributed by atoms with E-state index in [4.69, 9.17) is 29.2 Å². The topological polar surface area (TPSA) is 227 Å². The first-order valence-corrected chi connectivity index (χ1v) is 17.3. The second-order valence-corrected chi connectivity index (χ2v) is 13.2. The summed E-state index contributed by atoms with van der Waals surface area (Å²) in [5.74, 6) is -1.70. The third kappa shape index (κ3) is 5.92. The molecule has 14 nitrogen and oxygen atoms in total. The number of carbonyl (C=O) groups is 4. The Kier molecular flexibility index (Phi) is 8.73. The van der Waals surface area contributed by atoms with Crippen LogP contribution >= 0.6 is 0 Å². The summed E-state index contributed by atoms with van der Waals surface area (Å²) in [6.45, 7) is 0. The predicted molar refractivity (Wildman–Crippen MR) is 200 cm³/mol. The van der Waals surface area contributed by atoms with Crippen molar-refractivity contribution < 1.29 is 68.8 Å². The van der Waals surface area contributed by atoms with E-state index in [1.165, 1.54) is 48.5 Å². The fraction of sp³-hybridized carbons (Fsp3) is 0.0455. The third-order valence-electron chi connectivity index (χ3n) is 9.73. The molecule has 14 heteroatoms. The molecule has 4 aliphatic rings. The molecule has 10 rings (SSSR count). The maximum absolute atomic E-state index is 12.5. The molecular weight excluding hydrogens is 752 g/mol. The van der Waals surface area contributed by atoms with Crippen LogP contribution in [0, 0.1) is 0 Å². The van der Waals surface area contributed by atoms with Gasteiger partial charge in [-0.1, -0.05) is 36.4 Å². The van der Waals surface area contributed by atoms with Crippen LogP contribution in [0.2, 0.25) is 0 Å². The molecule has 6 aromatic carbocycles. The second kappa shape index (κ2) is 13.8. The lowest BCUT2D eigenvalue weighted by Gasteiger charge is -2.36. The standard InChI is InChI=1S/2C20H12O5.C4H4O4/c2*21-11-5-7-15-17(9-11)24-18-10-12(22)6-8-16(18)20(15)14-4-2-1-3-13(14)19(23)25-20;5-3(6)1-2-4(7)8/h2*1-10,21-22H;1-2H,(H,5,6)(H,7,8)/b;;2-1-. The van der Waals surface area contributed by atoms with Crippen LogP contribution in [0.25, 0.3) is 0 Å². The molecule has 0 unspecified atom stereocenters. The molecular formula is C44H28O14. The molecule has 6 N–H and O–H groups in total. The van der Waals surface area contributed by atoms with Gasteiger partial charge in [0.15, 0.2) is 11.2 Å². The Morgan fingerprint density at radius 3 is 1.02 bits per heavy atom. The molecule has 0 amide bonds. The number of carboxylic acid groups (broad SMARTS) is 2. The van der Waals surface area contributed by atoms with Gasteiger partial charge in [0.05, 0.1) is 11.1 Å². The van der Waals surface area contributed by atoms with Gasteiger partial charge in [-0.2, -0.15) is 0 Å². The molecule has 0 atom stereocenters. The third-order valence-corrected chi connectivity index (χ3v) is 9.73. The van der Waals surface area contributed by atoms with Crippen LogP contribution in [-0.2, 0) is 30.3 Å². The van der Waals surface area contributed by atoms with E-state index < -0.39 is 35.1 Å². The van der Waals surface area contributed by atoms with Crippen molar-refractivity contribution in [1.82, 2.24) is 0 Å². The molecule has 0 bridgehead atoms. The number of esters is 2. The van der Waals surface area contributed by atoms with Crippen molar-refractivity contribution in [2.45, 2.75) is 11.2 Å². The van der Waals surface area contributed by atoms with Gasteiger partial charge in [0.2, 0.25) is 0 Å². The molecule has 0 saturated carbocycles. The van der Waals surface area contributed by atoms with Crippen molar-refractivity contribution in [3.63, 3.8) is 0 Å². The Morgan fingerprint density at radius 1 is 0.431 bits per heavy atom. The largest absolute Gasteiger partial charge is 0.508 e. The molecule has 6 aromatic rings. The Balaban J connectivity index is 0.000000137. The quantitative estimate of drug-likeness (QED) is 0.0765. The van der Waals surface area contributed by atoms with Gasteiger partial charge in [0.25, 0.3) is 0 Å². The van der Waals surface area contributed by atoms with Crippen LogP contribution in [0.5, 0.6) is 46.0 Å². The Bertz CT molecular complexity index is 2460. The first kappa shape index (κ1) is 36.7. The highest BCUT2D eigenvalue weighted by molar-refractivity contribution is 5.98. The van der Waals surface area contributed by atoms with E-state index in [0.717, 1.165) is 0 Å². The second-order valence-electron chi connectivity index (χ2n) is 13.2. The number of hydrogen-bond acceptors (Lipinski definition) is 12. The molecule has 58 heavy (non-hydrogen) atoms. The normalized spacial score (nSPS) is 14.9. The lowest BCUT2D eigenvalue weighted by atomic mass is 9.77. The highest BCUT2D eigenvalue weighted by atomic mass is 16.6. The Morgan fingerprint density at radius 2 is 0.724 bits per heavy atom. The molecule has 0 radical (unpaired) electrons. The van der Waals surface area contributed by atoms with Crippen LogP contribution in [0.4, 0.5) is 0 Å². The van der Waals surface area contributed by atoms with Crippen molar-refractivity contribution in [1.29, 1.82) is 0 Å². The van der Waals surface area contributed by atoms with Gasteiger partial charge < -0.3 is 49.6 Å². The summed E-state index contributed by atoms with van der Waals surface area (Å²) in [6, 6.07) is 33.2. The molecule has 4 heterocycles. The average Bonchev–Trinajstić information content (AvgIpc) is 3.65. The minimum absolute atomic E-state index is 0.0371. The van der Waals surface area contributed by atoms with Crippen molar-refractivity contribution in [3.05, 3.63) is 178 Å². The SMILES string of the molecule is O=C(O)/C=C\C(=O)O.O=C1OC2(c3ccc(O)cc3Oc3cc(O)ccc32)c2ccccc21.O=C1OC2(c3ccc(O)cc3Oc3cc(O)ccc32)c2ccccc21. The van der Waals surface area contributed by atoms with Crippen LogP contribution < -0.4 is 9.47 Å². The van der Waals surface area contributed by atoms with Crippen molar-refractivity contribution in [2.24, 2.45) is 0 Å². The van der Waals surface area contributed by atoms with E-state index in [1.54, 1.807) is 48.5 Å². The summed E-state index contributed by atoms with van der Waals surface area (Å²) in [5.41, 5.74) is 2.57. The molecule has 4 aliphatic heterocycles. The summed E-state index contributed by atoms with van der Waals surface area (Å²) >= 11 is 0. The van der Waals surface area contributed by atoms with E-state index in [1.807, 2.05) is 24.3 Å². The summed E-state index contributed by atoms with van der Waals surface area (Å²) in [5, 5.41) is 55.0. The minimum atomic E-state index is -1.26. The fourth-order valence-electron chi connectivity index (χ4n) is 7.45. The monoisotopic (exact) mass is 780 g/mol. The van der Waals surface area contributed by atoms with Gasteiger partial charge in [-0.25, -0.2) is 19.2 Å². The smallest absolute Gasteiger partial charge is 0.340 e. The van der Waals surface area contributed by atoms with Crippen molar-refractivity contribution >= 4 is 23.9 Å². The zero-order valence-corrected chi connectivity index (χ0v) is 29.7. The number of phenols is 4. The van der Waals surface area contributed by atoms with Crippen LogP contribution in [0.1, 0.15) is 54.1 Å². The van der Waals surface area contributed by atoms with E-state index in [2.05, 4.69) is 0 Å². The molecule has 0 aliphatic carbocycles. The van der Waals surface area contributed by atoms with Crippen molar-refractivity contribution in [3.8, 4) is 46.0 Å². The zero-order valence-electron chi connectivity index (χ0n) is 29.7. The van der Waals surface area contributed by atoms with E-state index >= 15 is 0 Å². The number of fused-ring (bicyclic) bond motifs is 12. The first-order valence-electron chi connectivity index (χ1n) is 17.3. The number of phenolic OH excluding ortho intramolecular Hbond substituents is 4. The minimum Gasteiger partial charge on any atom is -0.508 e. The van der Waals surface area contributed by atoms with Crippen LogP contribution in [-0.4, -0.2) is 54.5 Å². The van der Waals surface area contributed by atoms with Gasteiger partial charge in [-0.15, -0.1) is 0 Å². The number of benzene rings is 6. The number of rotatable bonds is 2. The van der Waals surface area contributed by atoms with E-state index in [9.17, 15) is 39.6 Å². The van der Waals surface area contributed by atoms with Gasteiger partial charge in [0.1, 0.15) is 46.0 Å². The molecule has 0 fully saturated rings. The van der Waals surface area contributed by atoms with Crippen molar-refractivity contribution in [2.75, 3.05) is 0 Å². The summed E-state index contributed by atoms with van der Waals surface area (Å²) < 4.78 is 23.6. The van der Waals surface area contributed by atoms with Gasteiger partial charge in [-0.3, -0.25) is 0 Å². The number of aromatic hydroxyl groups is 4. The maximum Gasteiger partial charge on any atom is 0.340 e. The molecule has 0 aromatic heterocycles. The first-order chi connectivity index (χ1) is 27.8. The fourth-order valence-corrected chi connectivity index (χ4v) is 7.45. The number of hydrogen-bond donors (Lipinski definition) is 6. The molecule has 2 spiro atoms. The summed E-state index contributed by atoms with van der Waals surface area (Å²) in [4.78, 5) is 44.2. The Hall–Kier alpha value is -8.26. The predicted octanol–water partition coefficient (Wildman–Crippen LogP) is 7.04. The Labute approximate surface area is 327 Å². The van der Waals surface area contributed by atoms with Crippen LogP contribution in [0.15, 0.2) is 133 Å². The maximum atomic E-state index is 12.5. The van der Waals surface area contributed by atoms with Crippen LogP contribution in [0.3, 0.4) is 0 Å². The summed E-state index contributed by atoms with van der Waals surface area (Å²) in [6.07, 6.45) is 1.12. The lowest BCUT2D eigenvalue weighted by molar-refractivity contribution is -0.134. The van der Waals surface area contributed by atoms with Gasteiger partial charge in [0, 0.05) is 69.8 Å². The van der Waals surface area contributed by atoms with E-state index in [-0.39, 0.29) is 23.0 Å². The highest BCUT2D eigenvalue weighted by Gasteiger charge is 2.55. The molecule has 0 saturated heterocycles.